The predicted octanol–water partition coefficient (Wildman–Crippen LogP) is 3.56. The maximum Gasteiger partial charge on any atom is 0.257 e. The largest absolute Gasteiger partial charge is 0.497 e. The van der Waals surface area contributed by atoms with Gasteiger partial charge in [-0.15, -0.1) is 21.5 Å². The maximum atomic E-state index is 5.90. The number of piperazine rings is 1. The number of nitrogens with zero attached hydrogens (tertiary/aromatic N) is 4. The third kappa shape index (κ3) is 4.95. The van der Waals surface area contributed by atoms with Gasteiger partial charge < -0.3 is 13.9 Å². The minimum atomic E-state index is 0.119. The van der Waals surface area contributed by atoms with E-state index in [-0.39, 0.29) is 6.04 Å². The Hall–Kier alpha value is -2.42. The van der Waals surface area contributed by atoms with Crippen molar-refractivity contribution in [1.29, 1.82) is 0 Å². The molecule has 1 aliphatic rings. The lowest BCUT2D eigenvalue weighted by atomic mass is 10.2. The summed E-state index contributed by atoms with van der Waals surface area (Å²) in [5, 5.41) is 10.5. The maximum absolute atomic E-state index is 5.90. The van der Waals surface area contributed by atoms with E-state index in [0.29, 0.717) is 18.4 Å². The molecule has 1 aliphatic heterocycles. The molecule has 0 amide bonds. The molecule has 0 unspecified atom stereocenters. The van der Waals surface area contributed by atoms with Crippen molar-refractivity contribution in [2.24, 2.45) is 0 Å². The van der Waals surface area contributed by atoms with E-state index in [1.54, 1.807) is 18.4 Å². The van der Waals surface area contributed by atoms with E-state index in [1.807, 2.05) is 41.8 Å². The lowest BCUT2D eigenvalue weighted by Crippen LogP contribution is -2.48. The fraction of sp³-hybridized carbons (Fsp3) is 0.429. The zero-order chi connectivity index (χ0) is 20.1. The Morgan fingerprint density at radius 2 is 1.83 bits per heavy atom. The molecule has 1 atom stereocenters. The second-order valence-electron chi connectivity index (χ2n) is 7.00. The highest BCUT2D eigenvalue weighted by Gasteiger charge is 2.25. The van der Waals surface area contributed by atoms with Crippen LogP contribution in [0.3, 0.4) is 0 Å². The predicted molar refractivity (Wildman–Crippen MR) is 113 cm³/mol. The lowest BCUT2D eigenvalue weighted by Gasteiger charge is -2.36. The van der Waals surface area contributed by atoms with Crippen LogP contribution >= 0.6 is 11.3 Å². The van der Waals surface area contributed by atoms with E-state index in [2.05, 4.69) is 26.9 Å². The molecule has 0 N–H and O–H groups in total. The van der Waals surface area contributed by atoms with Crippen LogP contribution in [-0.4, -0.2) is 66.4 Å². The number of aromatic nitrogens is 2. The second-order valence-corrected chi connectivity index (χ2v) is 7.95. The van der Waals surface area contributed by atoms with Gasteiger partial charge in [-0.05, 0) is 42.6 Å². The van der Waals surface area contributed by atoms with Crippen molar-refractivity contribution in [3.05, 3.63) is 47.7 Å². The summed E-state index contributed by atoms with van der Waals surface area (Å²) in [5.74, 6) is 3.00. The second kappa shape index (κ2) is 9.39. The Balaban J connectivity index is 1.21. The van der Waals surface area contributed by atoms with E-state index in [4.69, 9.17) is 13.9 Å². The molecule has 1 saturated heterocycles. The lowest BCUT2D eigenvalue weighted by molar-refractivity contribution is 0.0827. The van der Waals surface area contributed by atoms with Crippen molar-refractivity contribution in [3.63, 3.8) is 0 Å². The van der Waals surface area contributed by atoms with Gasteiger partial charge in [0.05, 0.1) is 18.0 Å². The first-order valence-electron chi connectivity index (χ1n) is 9.83. The Bertz CT molecular complexity index is 874. The van der Waals surface area contributed by atoms with Crippen molar-refractivity contribution in [1.82, 2.24) is 20.0 Å². The highest BCUT2D eigenvalue weighted by molar-refractivity contribution is 7.13. The number of ether oxygens (including phenoxy) is 2. The SMILES string of the molecule is COc1ccc(OCCN2CCN([C@@H](C)c3nnc(-c4cccs4)o3)CC2)cc1. The van der Waals surface area contributed by atoms with Crippen LogP contribution in [0.4, 0.5) is 0 Å². The molecule has 7 nitrogen and oxygen atoms in total. The van der Waals surface area contributed by atoms with Gasteiger partial charge in [0.2, 0.25) is 5.89 Å². The minimum Gasteiger partial charge on any atom is -0.497 e. The van der Waals surface area contributed by atoms with Crippen LogP contribution < -0.4 is 9.47 Å². The molecular formula is C21H26N4O3S. The summed E-state index contributed by atoms with van der Waals surface area (Å²) < 4.78 is 16.9. The van der Waals surface area contributed by atoms with Crippen molar-refractivity contribution >= 4 is 11.3 Å². The van der Waals surface area contributed by atoms with Crippen molar-refractivity contribution in [3.8, 4) is 22.3 Å². The molecular weight excluding hydrogens is 388 g/mol. The summed E-state index contributed by atoms with van der Waals surface area (Å²) in [6, 6.07) is 11.8. The number of hydrogen-bond acceptors (Lipinski definition) is 8. The van der Waals surface area contributed by atoms with Crippen LogP contribution in [0.1, 0.15) is 18.9 Å². The van der Waals surface area contributed by atoms with Gasteiger partial charge in [0.25, 0.3) is 5.89 Å². The van der Waals surface area contributed by atoms with Gasteiger partial charge in [-0.25, -0.2) is 0 Å². The number of rotatable bonds is 8. The molecule has 2 aromatic heterocycles. The molecule has 0 saturated carbocycles. The molecule has 1 aromatic carbocycles. The van der Waals surface area contributed by atoms with Gasteiger partial charge in [0.15, 0.2) is 0 Å². The first-order valence-corrected chi connectivity index (χ1v) is 10.7. The van der Waals surface area contributed by atoms with Gasteiger partial charge in [-0.1, -0.05) is 6.07 Å². The average Bonchev–Trinajstić information content (AvgIpc) is 3.46. The highest BCUT2D eigenvalue weighted by atomic mass is 32.1. The summed E-state index contributed by atoms with van der Waals surface area (Å²) in [4.78, 5) is 5.84. The Morgan fingerprint density at radius 1 is 1.07 bits per heavy atom. The molecule has 0 bridgehead atoms. The Morgan fingerprint density at radius 3 is 2.52 bits per heavy atom. The fourth-order valence-electron chi connectivity index (χ4n) is 3.40. The standard InChI is InChI=1S/C21H26N4O3S/c1-16(20-22-23-21(28-20)19-4-3-15-29-19)25-11-9-24(10-12-25)13-14-27-18-7-5-17(26-2)6-8-18/h3-8,15-16H,9-14H2,1-2H3/t16-/m0/s1. The number of benzene rings is 1. The third-order valence-corrected chi connectivity index (χ3v) is 6.08. The topological polar surface area (TPSA) is 63.9 Å². The molecule has 154 valence electrons. The monoisotopic (exact) mass is 414 g/mol. The van der Waals surface area contributed by atoms with Crippen molar-refractivity contribution in [2.45, 2.75) is 13.0 Å². The molecule has 1 fully saturated rings. The van der Waals surface area contributed by atoms with Gasteiger partial charge >= 0.3 is 0 Å². The Kier molecular flexibility index (Phi) is 6.43. The zero-order valence-corrected chi connectivity index (χ0v) is 17.6. The first-order chi connectivity index (χ1) is 14.2. The molecule has 0 aliphatic carbocycles. The summed E-state index contributed by atoms with van der Waals surface area (Å²) in [6.07, 6.45) is 0. The average molecular weight is 415 g/mol. The van der Waals surface area contributed by atoms with Gasteiger partial charge in [0.1, 0.15) is 18.1 Å². The summed E-state index contributed by atoms with van der Waals surface area (Å²) >= 11 is 1.61. The van der Waals surface area contributed by atoms with E-state index in [0.717, 1.165) is 49.1 Å². The zero-order valence-electron chi connectivity index (χ0n) is 16.8. The quantitative estimate of drug-likeness (QED) is 0.558. The Labute approximate surface area is 174 Å². The van der Waals surface area contributed by atoms with Crippen LogP contribution in [0.25, 0.3) is 10.8 Å². The smallest absolute Gasteiger partial charge is 0.257 e. The molecule has 4 rings (SSSR count). The summed E-state index contributed by atoms with van der Waals surface area (Å²) in [7, 11) is 1.66. The summed E-state index contributed by atoms with van der Waals surface area (Å²) in [5.41, 5.74) is 0. The molecule has 29 heavy (non-hydrogen) atoms. The normalized spacial score (nSPS) is 16.6. The van der Waals surface area contributed by atoms with Crippen LogP contribution in [0.5, 0.6) is 11.5 Å². The first kappa shape index (κ1) is 19.9. The fourth-order valence-corrected chi connectivity index (χ4v) is 4.04. The molecule has 3 heterocycles. The van der Waals surface area contributed by atoms with Gasteiger partial charge in [-0.3, -0.25) is 9.80 Å². The number of hydrogen-bond donors (Lipinski definition) is 0. The van der Waals surface area contributed by atoms with Gasteiger partial charge in [0, 0.05) is 32.7 Å². The van der Waals surface area contributed by atoms with Crippen LogP contribution in [0, 0.1) is 0 Å². The van der Waals surface area contributed by atoms with Crippen LogP contribution in [-0.2, 0) is 0 Å². The van der Waals surface area contributed by atoms with Gasteiger partial charge in [-0.2, -0.15) is 0 Å². The molecule has 0 spiro atoms. The molecule has 8 heteroatoms. The third-order valence-electron chi connectivity index (χ3n) is 5.22. The number of methoxy groups -OCH3 is 1. The van der Waals surface area contributed by atoms with E-state index < -0.39 is 0 Å². The molecule has 3 aromatic rings. The van der Waals surface area contributed by atoms with Crippen molar-refractivity contribution < 1.29 is 13.9 Å². The highest BCUT2D eigenvalue weighted by Crippen LogP contribution is 2.27. The van der Waals surface area contributed by atoms with E-state index in [9.17, 15) is 0 Å². The van der Waals surface area contributed by atoms with E-state index in [1.165, 1.54) is 0 Å². The van der Waals surface area contributed by atoms with Crippen LogP contribution in [0.15, 0.2) is 46.2 Å². The van der Waals surface area contributed by atoms with E-state index >= 15 is 0 Å². The molecule has 0 radical (unpaired) electrons. The summed E-state index contributed by atoms with van der Waals surface area (Å²) in [6.45, 7) is 7.67. The minimum absolute atomic E-state index is 0.119. The van der Waals surface area contributed by atoms with Crippen LogP contribution in [0.2, 0.25) is 0 Å². The van der Waals surface area contributed by atoms with Crippen molar-refractivity contribution in [2.75, 3.05) is 46.4 Å². The number of thiophene rings is 1.